The van der Waals surface area contributed by atoms with E-state index in [1.54, 1.807) is 6.20 Å². The van der Waals surface area contributed by atoms with Gasteiger partial charge in [-0.1, -0.05) is 0 Å². The zero-order valence-corrected chi connectivity index (χ0v) is 12.8. The van der Waals surface area contributed by atoms with Crippen LogP contribution in [-0.4, -0.2) is 51.4 Å². The van der Waals surface area contributed by atoms with Gasteiger partial charge in [0, 0.05) is 31.8 Å². The second kappa shape index (κ2) is 5.43. The molecule has 2 aromatic rings. The van der Waals surface area contributed by atoms with Gasteiger partial charge in [-0.2, -0.15) is 5.10 Å². The molecule has 0 atom stereocenters. The third-order valence-corrected chi connectivity index (χ3v) is 4.71. The number of halogens is 1. The molecule has 1 aliphatic heterocycles. The molecule has 2 aliphatic rings. The number of rotatable bonds is 4. The second-order valence-electron chi connectivity index (χ2n) is 6.46. The average molecular weight is 318 g/mol. The Labute approximate surface area is 132 Å². The smallest absolute Gasteiger partial charge is 0.223 e. The highest BCUT2D eigenvalue weighted by Gasteiger charge is 2.37. The number of aromatic amines is 1. The predicted octanol–water partition coefficient (Wildman–Crippen LogP) is 1.19. The topological polar surface area (TPSA) is 86.8 Å². The van der Waals surface area contributed by atoms with Gasteiger partial charge in [-0.3, -0.25) is 9.89 Å². The lowest BCUT2D eigenvalue weighted by molar-refractivity contribution is -0.123. The molecule has 1 saturated heterocycles. The van der Waals surface area contributed by atoms with Crippen molar-refractivity contribution in [2.75, 3.05) is 24.5 Å². The van der Waals surface area contributed by atoms with Crippen LogP contribution in [0.25, 0.3) is 11.0 Å². The molecule has 0 bridgehead atoms. The Kier molecular flexibility index (Phi) is 3.39. The Morgan fingerprint density at radius 1 is 1.39 bits per heavy atom. The van der Waals surface area contributed by atoms with Crippen LogP contribution in [0.1, 0.15) is 25.7 Å². The molecular weight excluding hydrogens is 299 g/mol. The van der Waals surface area contributed by atoms with Crippen LogP contribution in [0, 0.1) is 5.92 Å². The monoisotopic (exact) mass is 318 g/mol. The maximum Gasteiger partial charge on any atom is 0.223 e. The summed E-state index contributed by atoms with van der Waals surface area (Å²) in [5.41, 5.74) is -0.646. The number of hydrogen-bond acceptors (Lipinski definition) is 5. The van der Waals surface area contributed by atoms with Crippen molar-refractivity contribution in [2.45, 2.75) is 31.4 Å². The fourth-order valence-corrected chi connectivity index (χ4v) is 3.04. The van der Waals surface area contributed by atoms with Crippen LogP contribution < -0.4 is 10.2 Å². The van der Waals surface area contributed by atoms with Crippen LogP contribution in [0.5, 0.6) is 0 Å². The summed E-state index contributed by atoms with van der Waals surface area (Å²) in [6, 6.07) is 0. The van der Waals surface area contributed by atoms with Crippen molar-refractivity contribution < 1.29 is 9.18 Å². The Hall–Kier alpha value is -2.25. The number of nitrogens with one attached hydrogen (secondary N) is 2. The van der Waals surface area contributed by atoms with Gasteiger partial charge in [-0.25, -0.2) is 14.4 Å². The molecule has 3 heterocycles. The molecule has 0 spiro atoms. The molecule has 1 amide bonds. The molecule has 2 aromatic heterocycles. The van der Waals surface area contributed by atoms with Gasteiger partial charge in [0.1, 0.15) is 17.8 Å². The van der Waals surface area contributed by atoms with Crippen molar-refractivity contribution in [1.82, 2.24) is 25.5 Å². The van der Waals surface area contributed by atoms with Crippen LogP contribution >= 0.6 is 0 Å². The van der Waals surface area contributed by atoms with Gasteiger partial charge in [-0.15, -0.1) is 0 Å². The summed E-state index contributed by atoms with van der Waals surface area (Å²) >= 11 is 0. The van der Waals surface area contributed by atoms with E-state index < -0.39 is 5.67 Å². The fraction of sp³-hybridized carbons (Fsp3) is 0.600. The summed E-state index contributed by atoms with van der Waals surface area (Å²) in [6.45, 7) is 1.24. The minimum absolute atomic E-state index is 0.000334. The van der Waals surface area contributed by atoms with Gasteiger partial charge >= 0.3 is 0 Å². The van der Waals surface area contributed by atoms with E-state index in [0.29, 0.717) is 31.6 Å². The molecule has 23 heavy (non-hydrogen) atoms. The fourth-order valence-electron chi connectivity index (χ4n) is 3.04. The van der Waals surface area contributed by atoms with E-state index >= 15 is 0 Å². The summed E-state index contributed by atoms with van der Waals surface area (Å²) in [4.78, 5) is 22.2. The van der Waals surface area contributed by atoms with Gasteiger partial charge in [0.2, 0.25) is 5.91 Å². The van der Waals surface area contributed by atoms with E-state index in [4.69, 9.17) is 0 Å². The summed E-state index contributed by atoms with van der Waals surface area (Å²) in [5, 5.41) is 10.4. The number of piperidine rings is 1. The Bertz CT molecular complexity index is 720. The molecule has 2 N–H and O–H groups in total. The van der Waals surface area contributed by atoms with Crippen LogP contribution in [0.4, 0.5) is 10.2 Å². The summed E-state index contributed by atoms with van der Waals surface area (Å²) < 4.78 is 14.9. The lowest BCUT2D eigenvalue weighted by atomic mass is 9.93. The number of hydrogen-bond donors (Lipinski definition) is 2. The summed E-state index contributed by atoms with van der Waals surface area (Å²) in [5.74, 6) is 0.905. The first kappa shape index (κ1) is 14.3. The van der Waals surface area contributed by atoms with Gasteiger partial charge in [0.25, 0.3) is 0 Å². The maximum atomic E-state index is 14.9. The summed E-state index contributed by atoms with van der Waals surface area (Å²) in [6.07, 6.45) is 5.81. The number of carbonyl (C=O) groups excluding carboxylic acids is 1. The van der Waals surface area contributed by atoms with Crippen molar-refractivity contribution in [3.8, 4) is 0 Å². The molecule has 0 aromatic carbocycles. The molecule has 1 saturated carbocycles. The Morgan fingerprint density at radius 2 is 2.17 bits per heavy atom. The first-order valence-corrected chi connectivity index (χ1v) is 8.00. The highest BCUT2D eigenvalue weighted by molar-refractivity contribution is 5.86. The largest absolute Gasteiger partial charge is 0.356 e. The average Bonchev–Trinajstić information content (AvgIpc) is 3.30. The van der Waals surface area contributed by atoms with E-state index in [1.807, 2.05) is 0 Å². The first-order valence-electron chi connectivity index (χ1n) is 8.00. The predicted molar refractivity (Wildman–Crippen MR) is 82.7 cm³/mol. The van der Waals surface area contributed by atoms with Crippen LogP contribution in [-0.2, 0) is 4.79 Å². The molecule has 122 valence electrons. The molecule has 0 unspecified atom stereocenters. The molecule has 8 heteroatoms. The number of carbonyl (C=O) groups is 1. The third kappa shape index (κ3) is 2.85. The van der Waals surface area contributed by atoms with E-state index in [0.717, 1.165) is 24.0 Å². The van der Waals surface area contributed by atoms with Crippen LogP contribution in [0.15, 0.2) is 12.5 Å². The van der Waals surface area contributed by atoms with E-state index in [-0.39, 0.29) is 18.4 Å². The molecule has 7 nitrogen and oxygen atoms in total. The van der Waals surface area contributed by atoms with E-state index in [2.05, 4.69) is 30.4 Å². The van der Waals surface area contributed by atoms with E-state index in [1.165, 1.54) is 6.33 Å². The summed E-state index contributed by atoms with van der Waals surface area (Å²) in [7, 11) is 0. The molecular formula is C15H19FN6O. The van der Waals surface area contributed by atoms with Crippen LogP contribution in [0.3, 0.4) is 0 Å². The van der Waals surface area contributed by atoms with Crippen molar-refractivity contribution in [3.63, 3.8) is 0 Å². The van der Waals surface area contributed by atoms with Gasteiger partial charge in [-0.05, 0) is 12.8 Å². The number of fused-ring (bicyclic) bond motifs is 1. The van der Waals surface area contributed by atoms with Crippen molar-refractivity contribution in [2.24, 2.45) is 5.92 Å². The molecule has 4 rings (SSSR count). The number of H-pyrrole nitrogens is 1. The van der Waals surface area contributed by atoms with Crippen LogP contribution in [0.2, 0.25) is 0 Å². The van der Waals surface area contributed by atoms with E-state index in [9.17, 15) is 9.18 Å². The first-order chi connectivity index (χ1) is 11.1. The normalized spacial score (nSPS) is 20.7. The Balaban J connectivity index is 1.40. The lowest BCUT2D eigenvalue weighted by Crippen LogP contribution is -2.48. The number of aromatic nitrogens is 4. The minimum atomic E-state index is -1.33. The standard InChI is InChI=1S/C15H19FN6O/c16-15(8-17-14(23)10-1-2-10)3-5-22(6-4-15)13-11-7-20-21-12(11)18-9-19-13/h7,9-10H,1-6,8H2,(H,17,23)(H,18,19,20,21). The highest BCUT2D eigenvalue weighted by Crippen LogP contribution is 2.32. The highest BCUT2D eigenvalue weighted by atomic mass is 19.1. The maximum absolute atomic E-state index is 14.9. The van der Waals surface area contributed by atoms with Crippen molar-refractivity contribution >= 4 is 22.8 Å². The molecule has 1 aliphatic carbocycles. The van der Waals surface area contributed by atoms with Gasteiger partial charge < -0.3 is 10.2 Å². The van der Waals surface area contributed by atoms with Gasteiger partial charge in [0.15, 0.2) is 5.65 Å². The SMILES string of the molecule is O=C(NCC1(F)CCN(c2ncnc3[nH]ncc23)CC1)C1CC1. The molecule has 2 fully saturated rings. The zero-order chi connectivity index (χ0) is 15.9. The van der Waals surface area contributed by atoms with Crippen molar-refractivity contribution in [3.05, 3.63) is 12.5 Å². The number of nitrogens with zero attached hydrogens (tertiary/aromatic N) is 4. The number of alkyl halides is 1. The zero-order valence-electron chi connectivity index (χ0n) is 12.8. The number of anilines is 1. The third-order valence-electron chi connectivity index (χ3n) is 4.71. The lowest BCUT2D eigenvalue weighted by Gasteiger charge is -2.37. The number of amides is 1. The minimum Gasteiger partial charge on any atom is -0.356 e. The Morgan fingerprint density at radius 3 is 2.91 bits per heavy atom. The van der Waals surface area contributed by atoms with Crippen molar-refractivity contribution in [1.29, 1.82) is 0 Å². The second-order valence-corrected chi connectivity index (χ2v) is 6.46. The molecule has 0 radical (unpaired) electrons. The quantitative estimate of drug-likeness (QED) is 0.884. The van der Waals surface area contributed by atoms with Gasteiger partial charge in [0.05, 0.1) is 18.1 Å².